The summed E-state index contributed by atoms with van der Waals surface area (Å²) >= 11 is 1.81. The predicted molar refractivity (Wildman–Crippen MR) is 66.2 cm³/mol. The van der Waals surface area contributed by atoms with Gasteiger partial charge in [0.2, 0.25) is 0 Å². The van der Waals surface area contributed by atoms with Crippen molar-refractivity contribution in [2.75, 3.05) is 13.7 Å². The largest absolute Gasteiger partial charge is 0.376 e. The van der Waals surface area contributed by atoms with Crippen LogP contribution in [0.4, 0.5) is 0 Å². The van der Waals surface area contributed by atoms with Crippen molar-refractivity contribution in [3.05, 3.63) is 34.5 Å². The third kappa shape index (κ3) is 5.11. The Morgan fingerprint density at radius 3 is 3.00 bits per heavy atom. The number of hydrogen-bond donors (Lipinski definition) is 1. The molecule has 84 valence electrons. The second kappa shape index (κ2) is 7.63. The first-order valence-corrected chi connectivity index (χ1v) is 6.09. The van der Waals surface area contributed by atoms with E-state index in [-0.39, 0.29) is 0 Å². The van der Waals surface area contributed by atoms with Gasteiger partial charge < -0.3 is 10.1 Å². The molecule has 0 saturated carbocycles. The van der Waals surface area contributed by atoms with E-state index in [4.69, 9.17) is 4.74 Å². The zero-order valence-corrected chi connectivity index (χ0v) is 10.1. The molecule has 1 heterocycles. The summed E-state index contributed by atoms with van der Waals surface area (Å²) in [6.45, 7) is 6.19. The fourth-order valence-electron chi connectivity index (χ4n) is 1.27. The van der Waals surface area contributed by atoms with E-state index in [0.717, 1.165) is 32.6 Å². The molecule has 1 aromatic heterocycles. The van der Waals surface area contributed by atoms with Gasteiger partial charge in [-0.2, -0.15) is 0 Å². The summed E-state index contributed by atoms with van der Waals surface area (Å²) in [6.07, 6.45) is 4.03. The Hall–Kier alpha value is -0.640. The normalized spacial score (nSPS) is 10.5. The van der Waals surface area contributed by atoms with Crippen LogP contribution in [0, 0.1) is 0 Å². The molecular weight excluding hydrogens is 206 g/mol. The maximum absolute atomic E-state index is 5.56. The highest BCUT2D eigenvalue weighted by molar-refractivity contribution is 7.11. The van der Waals surface area contributed by atoms with Crippen molar-refractivity contribution in [2.24, 2.45) is 0 Å². The average molecular weight is 225 g/mol. The number of rotatable bonds is 8. The second-order valence-electron chi connectivity index (χ2n) is 3.38. The summed E-state index contributed by atoms with van der Waals surface area (Å²) in [6, 6.07) is 4.30. The fraction of sp³-hybridized carbons (Fsp3) is 0.500. The minimum atomic E-state index is 0.742. The predicted octanol–water partition coefficient (Wildman–Crippen LogP) is 2.95. The Bertz CT molecular complexity index is 283. The monoisotopic (exact) mass is 225 g/mol. The van der Waals surface area contributed by atoms with Gasteiger partial charge in [0.05, 0.1) is 6.61 Å². The van der Waals surface area contributed by atoms with Crippen molar-refractivity contribution in [1.29, 1.82) is 0 Å². The molecule has 0 aliphatic rings. The topological polar surface area (TPSA) is 21.3 Å². The van der Waals surface area contributed by atoms with Gasteiger partial charge in [0.15, 0.2) is 0 Å². The maximum atomic E-state index is 5.56. The van der Waals surface area contributed by atoms with Crippen molar-refractivity contribution in [2.45, 2.75) is 26.0 Å². The molecular formula is C12H19NOS. The average Bonchev–Trinajstić information content (AvgIpc) is 2.66. The summed E-state index contributed by atoms with van der Waals surface area (Å²) in [4.78, 5) is 2.67. The summed E-state index contributed by atoms with van der Waals surface area (Å²) < 4.78 is 5.56. The van der Waals surface area contributed by atoms with Gasteiger partial charge in [0, 0.05) is 22.9 Å². The zero-order valence-electron chi connectivity index (χ0n) is 9.29. The number of ether oxygens (including phenoxy) is 1. The van der Waals surface area contributed by atoms with Gasteiger partial charge in [-0.05, 0) is 32.0 Å². The highest BCUT2D eigenvalue weighted by Gasteiger charge is 1.99. The molecule has 0 saturated heterocycles. The zero-order chi connectivity index (χ0) is 10.9. The van der Waals surface area contributed by atoms with Crippen molar-refractivity contribution < 1.29 is 4.74 Å². The molecule has 0 amide bonds. The Morgan fingerprint density at radius 2 is 2.27 bits per heavy atom. The number of unbranched alkanes of at least 4 members (excludes halogenated alkanes) is 1. The lowest BCUT2D eigenvalue weighted by Gasteiger charge is -2.00. The minimum absolute atomic E-state index is 0.742. The molecule has 0 atom stereocenters. The van der Waals surface area contributed by atoms with Crippen LogP contribution in [0.1, 0.15) is 22.6 Å². The number of hydrogen-bond acceptors (Lipinski definition) is 3. The first kappa shape index (κ1) is 12.4. The fourth-order valence-corrected chi connectivity index (χ4v) is 2.24. The van der Waals surface area contributed by atoms with Gasteiger partial charge in [0.25, 0.3) is 0 Å². The Kier molecular flexibility index (Phi) is 6.32. The van der Waals surface area contributed by atoms with E-state index in [9.17, 15) is 0 Å². The van der Waals surface area contributed by atoms with Crippen LogP contribution >= 0.6 is 11.3 Å². The second-order valence-corrected chi connectivity index (χ2v) is 4.63. The summed E-state index contributed by atoms with van der Waals surface area (Å²) in [5.41, 5.74) is 0. The lowest BCUT2D eigenvalue weighted by atomic mass is 10.3. The van der Waals surface area contributed by atoms with E-state index in [1.807, 2.05) is 24.5 Å². The molecule has 0 unspecified atom stereocenters. The molecule has 2 nitrogen and oxygen atoms in total. The van der Waals surface area contributed by atoms with Crippen LogP contribution in [0.15, 0.2) is 24.8 Å². The smallest absolute Gasteiger partial charge is 0.0809 e. The van der Waals surface area contributed by atoms with Crippen LogP contribution in [0.3, 0.4) is 0 Å². The lowest BCUT2D eigenvalue weighted by molar-refractivity contribution is 0.121. The van der Waals surface area contributed by atoms with E-state index in [0.29, 0.717) is 0 Å². The molecule has 1 aromatic rings. The van der Waals surface area contributed by atoms with Gasteiger partial charge in [-0.25, -0.2) is 0 Å². The van der Waals surface area contributed by atoms with Gasteiger partial charge >= 0.3 is 0 Å². The highest BCUT2D eigenvalue weighted by atomic mass is 32.1. The SMILES string of the molecule is C=CCCCOCc1ccc(CNC)s1. The van der Waals surface area contributed by atoms with Crippen LogP contribution in [0.2, 0.25) is 0 Å². The third-order valence-corrected chi connectivity index (χ3v) is 3.07. The van der Waals surface area contributed by atoms with Crippen LogP contribution in [0.5, 0.6) is 0 Å². The van der Waals surface area contributed by atoms with E-state index in [1.54, 1.807) is 0 Å². The maximum Gasteiger partial charge on any atom is 0.0809 e. The summed E-state index contributed by atoms with van der Waals surface area (Å²) in [5.74, 6) is 0. The van der Waals surface area contributed by atoms with Crippen LogP contribution in [-0.2, 0) is 17.9 Å². The van der Waals surface area contributed by atoms with Crippen molar-refractivity contribution in [3.8, 4) is 0 Å². The first-order valence-electron chi connectivity index (χ1n) is 5.27. The van der Waals surface area contributed by atoms with E-state index in [1.165, 1.54) is 9.75 Å². The van der Waals surface area contributed by atoms with Gasteiger partial charge in [-0.1, -0.05) is 6.08 Å². The van der Waals surface area contributed by atoms with Crippen molar-refractivity contribution in [1.82, 2.24) is 5.32 Å². The van der Waals surface area contributed by atoms with Gasteiger partial charge in [-0.3, -0.25) is 0 Å². The summed E-state index contributed by atoms with van der Waals surface area (Å²) in [5, 5.41) is 3.14. The molecule has 1 N–H and O–H groups in total. The molecule has 3 heteroatoms. The molecule has 0 aliphatic carbocycles. The van der Waals surface area contributed by atoms with Crippen LogP contribution in [0.25, 0.3) is 0 Å². The minimum Gasteiger partial charge on any atom is -0.376 e. The number of nitrogens with one attached hydrogen (secondary N) is 1. The van der Waals surface area contributed by atoms with E-state index in [2.05, 4.69) is 24.0 Å². The summed E-state index contributed by atoms with van der Waals surface area (Å²) in [7, 11) is 1.96. The van der Waals surface area contributed by atoms with Crippen LogP contribution in [-0.4, -0.2) is 13.7 Å². The van der Waals surface area contributed by atoms with E-state index >= 15 is 0 Å². The standard InChI is InChI=1S/C12H19NOS/c1-3-4-5-8-14-10-12-7-6-11(15-12)9-13-2/h3,6-7,13H,1,4-5,8-10H2,2H3. The first-order chi connectivity index (χ1) is 7.36. The molecule has 0 aromatic carbocycles. The lowest BCUT2D eigenvalue weighted by Crippen LogP contribution is -2.02. The Morgan fingerprint density at radius 1 is 1.47 bits per heavy atom. The molecule has 0 bridgehead atoms. The number of allylic oxidation sites excluding steroid dienone is 1. The van der Waals surface area contributed by atoms with Gasteiger partial charge in [-0.15, -0.1) is 17.9 Å². The molecule has 0 spiro atoms. The molecule has 1 rings (SSSR count). The molecule has 15 heavy (non-hydrogen) atoms. The quantitative estimate of drug-likeness (QED) is 0.542. The Balaban J connectivity index is 2.16. The highest BCUT2D eigenvalue weighted by Crippen LogP contribution is 2.17. The molecule has 0 aliphatic heterocycles. The van der Waals surface area contributed by atoms with Gasteiger partial charge in [0.1, 0.15) is 0 Å². The van der Waals surface area contributed by atoms with Crippen LogP contribution < -0.4 is 5.32 Å². The number of thiophene rings is 1. The third-order valence-electron chi connectivity index (χ3n) is 2.01. The molecule has 0 radical (unpaired) electrons. The van der Waals surface area contributed by atoms with E-state index < -0.39 is 0 Å². The van der Waals surface area contributed by atoms with Crippen molar-refractivity contribution >= 4 is 11.3 Å². The Labute approximate surface area is 96.0 Å². The molecule has 0 fully saturated rings. The van der Waals surface area contributed by atoms with Crippen molar-refractivity contribution in [3.63, 3.8) is 0 Å².